The Kier molecular flexibility index (Phi) is 6.63. The van der Waals surface area contributed by atoms with Gasteiger partial charge in [0.2, 0.25) is 11.8 Å². The van der Waals surface area contributed by atoms with Gasteiger partial charge in [0, 0.05) is 52.4 Å². The van der Waals surface area contributed by atoms with Gasteiger partial charge in [-0.3, -0.25) is 14.5 Å². The molecule has 0 bridgehead atoms. The number of piperazine rings is 1. The fourth-order valence-electron chi connectivity index (χ4n) is 3.81. The Morgan fingerprint density at radius 3 is 2.58 bits per heavy atom. The van der Waals surface area contributed by atoms with Crippen molar-refractivity contribution < 1.29 is 14.3 Å². The van der Waals surface area contributed by atoms with Crippen LogP contribution in [-0.2, 0) is 20.7 Å². The summed E-state index contributed by atoms with van der Waals surface area (Å²) in [4.78, 5) is 29.5. The van der Waals surface area contributed by atoms with Crippen molar-refractivity contribution in [1.82, 2.24) is 15.1 Å². The lowest BCUT2D eigenvalue weighted by molar-refractivity contribution is -0.149. The number of amides is 2. The maximum Gasteiger partial charge on any atom is 0.243 e. The standard InChI is InChI=1S/C20H29N3O3/c1-21-19(24)18-15-22(10-7-16-5-3-2-4-6-16)11-12-23(18)20(25)17-8-13-26-14-9-17/h2-6,17-18H,7-15H2,1H3,(H,21,24). The van der Waals surface area contributed by atoms with Gasteiger partial charge in [-0.15, -0.1) is 0 Å². The number of nitrogens with zero attached hydrogens (tertiary/aromatic N) is 2. The molecule has 26 heavy (non-hydrogen) atoms. The first-order valence-corrected chi connectivity index (χ1v) is 9.55. The Morgan fingerprint density at radius 2 is 1.88 bits per heavy atom. The lowest BCUT2D eigenvalue weighted by Crippen LogP contribution is -2.61. The van der Waals surface area contributed by atoms with Gasteiger partial charge >= 0.3 is 0 Å². The maximum atomic E-state index is 12.9. The first kappa shape index (κ1) is 18.9. The van der Waals surface area contributed by atoms with Gasteiger partial charge in [0.15, 0.2) is 0 Å². The number of nitrogens with one attached hydrogen (secondary N) is 1. The van der Waals surface area contributed by atoms with E-state index in [1.54, 1.807) is 11.9 Å². The Labute approximate surface area is 155 Å². The van der Waals surface area contributed by atoms with Gasteiger partial charge in [-0.1, -0.05) is 30.3 Å². The van der Waals surface area contributed by atoms with Gasteiger partial charge in [-0.2, -0.15) is 0 Å². The molecule has 0 aromatic heterocycles. The summed E-state index contributed by atoms with van der Waals surface area (Å²) in [6.07, 6.45) is 2.47. The molecule has 6 nitrogen and oxygen atoms in total. The zero-order valence-electron chi connectivity index (χ0n) is 15.5. The third-order valence-electron chi connectivity index (χ3n) is 5.43. The number of likely N-dealkylation sites (N-methyl/N-ethyl adjacent to an activating group) is 1. The van der Waals surface area contributed by atoms with E-state index in [9.17, 15) is 9.59 Å². The van der Waals surface area contributed by atoms with E-state index in [-0.39, 0.29) is 17.7 Å². The number of hydrogen-bond donors (Lipinski definition) is 1. The topological polar surface area (TPSA) is 61.9 Å². The van der Waals surface area contributed by atoms with E-state index in [2.05, 4.69) is 22.3 Å². The predicted octanol–water partition coefficient (Wildman–Crippen LogP) is 0.915. The first-order valence-electron chi connectivity index (χ1n) is 9.55. The molecule has 1 aromatic carbocycles. The maximum absolute atomic E-state index is 12.9. The number of benzene rings is 1. The Morgan fingerprint density at radius 1 is 1.15 bits per heavy atom. The van der Waals surface area contributed by atoms with Crippen molar-refractivity contribution >= 4 is 11.8 Å². The average molecular weight is 359 g/mol. The summed E-state index contributed by atoms with van der Waals surface area (Å²) in [5.41, 5.74) is 1.30. The fraction of sp³-hybridized carbons (Fsp3) is 0.600. The number of carbonyl (C=O) groups is 2. The summed E-state index contributed by atoms with van der Waals surface area (Å²) in [5, 5.41) is 2.73. The van der Waals surface area contributed by atoms with Gasteiger partial charge in [0.25, 0.3) is 0 Å². The van der Waals surface area contributed by atoms with E-state index in [0.717, 1.165) is 32.4 Å². The Balaban J connectivity index is 1.61. The molecule has 0 spiro atoms. The first-order chi connectivity index (χ1) is 12.7. The van der Waals surface area contributed by atoms with Crippen molar-refractivity contribution in [2.45, 2.75) is 25.3 Å². The smallest absolute Gasteiger partial charge is 0.243 e. The van der Waals surface area contributed by atoms with Crippen molar-refractivity contribution in [2.75, 3.05) is 46.4 Å². The molecule has 2 aliphatic heterocycles. The number of hydrogen-bond acceptors (Lipinski definition) is 4. The van der Waals surface area contributed by atoms with E-state index in [0.29, 0.717) is 26.3 Å². The van der Waals surface area contributed by atoms with E-state index in [1.165, 1.54) is 5.56 Å². The van der Waals surface area contributed by atoms with E-state index in [4.69, 9.17) is 4.74 Å². The molecule has 6 heteroatoms. The summed E-state index contributed by atoms with van der Waals surface area (Å²) in [6, 6.07) is 9.97. The third kappa shape index (κ3) is 4.62. The lowest BCUT2D eigenvalue weighted by Gasteiger charge is -2.42. The van der Waals surface area contributed by atoms with Gasteiger partial charge in [-0.05, 0) is 24.8 Å². The third-order valence-corrected chi connectivity index (χ3v) is 5.43. The molecule has 1 N–H and O–H groups in total. The molecule has 0 aliphatic carbocycles. The van der Waals surface area contributed by atoms with Gasteiger partial charge in [0.05, 0.1) is 0 Å². The molecule has 3 rings (SSSR count). The van der Waals surface area contributed by atoms with Crippen LogP contribution in [0.1, 0.15) is 18.4 Å². The zero-order valence-corrected chi connectivity index (χ0v) is 15.5. The molecule has 0 saturated carbocycles. The van der Waals surface area contributed by atoms with Gasteiger partial charge in [-0.25, -0.2) is 0 Å². The second kappa shape index (κ2) is 9.14. The van der Waals surface area contributed by atoms with Crippen LogP contribution >= 0.6 is 0 Å². The number of ether oxygens (including phenoxy) is 1. The van der Waals surface area contributed by atoms with Crippen LogP contribution < -0.4 is 5.32 Å². The van der Waals surface area contributed by atoms with Crippen LogP contribution in [-0.4, -0.2) is 74.1 Å². The summed E-state index contributed by atoms with van der Waals surface area (Å²) in [6.45, 7) is 4.20. The highest BCUT2D eigenvalue weighted by atomic mass is 16.5. The SMILES string of the molecule is CNC(=O)C1CN(CCc2ccccc2)CCN1C(=O)C1CCOCC1. The lowest BCUT2D eigenvalue weighted by atomic mass is 9.96. The molecule has 1 unspecified atom stereocenters. The number of carbonyl (C=O) groups excluding carboxylic acids is 2. The molecule has 1 atom stereocenters. The summed E-state index contributed by atoms with van der Waals surface area (Å²) < 4.78 is 5.37. The van der Waals surface area contributed by atoms with Crippen LogP contribution in [0.15, 0.2) is 30.3 Å². The minimum absolute atomic E-state index is 0.00762. The van der Waals surface area contributed by atoms with Crippen LogP contribution in [0.3, 0.4) is 0 Å². The van der Waals surface area contributed by atoms with Crippen molar-refractivity contribution in [3.63, 3.8) is 0 Å². The quantitative estimate of drug-likeness (QED) is 0.849. The zero-order chi connectivity index (χ0) is 18.4. The Hall–Kier alpha value is -1.92. The minimum Gasteiger partial charge on any atom is -0.381 e. The molecular weight excluding hydrogens is 330 g/mol. The summed E-state index contributed by atoms with van der Waals surface area (Å²) >= 11 is 0. The number of rotatable bonds is 5. The molecule has 1 aromatic rings. The van der Waals surface area contributed by atoms with Gasteiger partial charge < -0.3 is 15.0 Å². The molecular formula is C20H29N3O3. The predicted molar refractivity (Wildman–Crippen MR) is 99.7 cm³/mol. The van der Waals surface area contributed by atoms with E-state index in [1.807, 2.05) is 18.2 Å². The molecule has 2 fully saturated rings. The minimum atomic E-state index is -0.403. The van der Waals surface area contributed by atoms with Gasteiger partial charge in [0.1, 0.15) is 6.04 Å². The Bertz CT molecular complexity index is 602. The van der Waals surface area contributed by atoms with Crippen LogP contribution in [0.4, 0.5) is 0 Å². The van der Waals surface area contributed by atoms with Crippen molar-refractivity contribution in [3.8, 4) is 0 Å². The summed E-state index contributed by atoms with van der Waals surface area (Å²) in [5.74, 6) is 0.0335. The molecule has 2 heterocycles. The van der Waals surface area contributed by atoms with Crippen LogP contribution in [0, 0.1) is 5.92 Å². The van der Waals surface area contributed by atoms with Crippen LogP contribution in [0.25, 0.3) is 0 Å². The van der Waals surface area contributed by atoms with E-state index < -0.39 is 6.04 Å². The molecule has 2 saturated heterocycles. The van der Waals surface area contributed by atoms with Crippen LogP contribution in [0.5, 0.6) is 0 Å². The molecule has 0 radical (unpaired) electrons. The van der Waals surface area contributed by atoms with Crippen LogP contribution in [0.2, 0.25) is 0 Å². The normalized spacial score (nSPS) is 22.2. The average Bonchev–Trinajstić information content (AvgIpc) is 2.72. The molecule has 2 aliphatic rings. The second-order valence-electron chi connectivity index (χ2n) is 7.08. The largest absolute Gasteiger partial charge is 0.381 e. The second-order valence-corrected chi connectivity index (χ2v) is 7.08. The van der Waals surface area contributed by atoms with Crippen molar-refractivity contribution in [3.05, 3.63) is 35.9 Å². The van der Waals surface area contributed by atoms with E-state index >= 15 is 0 Å². The summed E-state index contributed by atoms with van der Waals surface area (Å²) in [7, 11) is 1.64. The highest BCUT2D eigenvalue weighted by molar-refractivity contribution is 5.89. The molecule has 2 amide bonds. The molecule has 142 valence electrons. The fourth-order valence-corrected chi connectivity index (χ4v) is 3.81. The monoisotopic (exact) mass is 359 g/mol. The highest BCUT2D eigenvalue weighted by Crippen LogP contribution is 2.21. The highest BCUT2D eigenvalue weighted by Gasteiger charge is 2.37. The van der Waals surface area contributed by atoms with Crippen molar-refractivity contribution in [2.24, 2.45) is 5.92 Å². The van der Waals surface area contributed by atoms with Crippen molar-refractivity contribution in [1.29, 1.82) is 0 Å².